The molecule has 11 nitrogen and oxygen atoms in total. The summed E-state index contributed by atoms with van der Waals surface area (Å²) in [6, 6.07) is 5.15. The van der Waals surface area contributed by atoms with Gasteiger partial charge in [-0.15, -0.1) is 5.10 Å². The summed E-state index contributed by atoms with van der Waals surface area (Å²) in [6.07, 6.45) is 4.58. The van der Waals surface area contributed by atoms with E-state index in [-0.39, 0.29) is 18.3 Å². The number of nitrogens with zero attached hydrogens (tertiary/aromatic N) is 8. The van der Waals surface area contributed by atoms with E-state index in [0.29, 0.717) is 37.4 Å². The number of nitrogens with one attached hydrogen (secondary N) is 1. The van der Waals surface area contributed by atoms with E-state index in [1.807, 2.05) is 23.1 Å². The molecule has 2 fully saturated rings. The molecule has 168 valence electrons. The Labute approximate surface area is 187 Å². The fourth-order valence-electron chi connectivity index (χ4n) is 4.49. The van der Waals surface area contributed by atoms with Crippen molar-refractivity contribution in [1.29, 1.82) is 0 Å². The van der Waals surface area contributed by atoms with Gasteiger partial charge in [0.05, 0.1) is 11.7 Å². The number of alkyl halides is 1. The Hall–Kier alpha value is -3.82. The van der Waals surface area contributed by atoms with Crippen LogP contribution < -0.4 is 11.1 Å². The second kappa shape index (κ2) is 7.36. The monoisotopic (exact) mass is 448 g/mol. The topological polar surface area (TPSA) is 115 Å². The number of ether oxygens (including phenoxy) is 1. The Kier molecular flexibility index (Phi) is 4.42. The maximum atomic E-state index is 15.0. The number of fused-ring (bicyclic) bond motifs is 2. The van der Waals surface area contributed by atoms with Gasteiger partial charge in [0.1, 0.15) is 24.9 Å². The second-order valence-electron chi connectivity index (χ2n) is 8.38. The molecule has 4 aromatic heterocycles. The summed E-state index contributed by atoms with van der Waals surface area (Å²) in [7, 11) is 0. The predicted molar refractivity (Wildman–Crippen MR) is 118 cm³/mol. The number of likely N-dealkylation sites (tertiary alicyclic amines) is 1. The highest BCUT2D eigenvalue weighted by atomic mass is 19.1. The highest BCUT2D eigenvalue weighted by Gasteiger charge is 2.53. The third kappa shape index (κ3) is 3.16. The third-order valence-corrected chi connectivity index (χ3v) is 6.39. The van der Waals surface area contributed by atoms with Crippen LogP contribution in [0.2, 0.25) is 0 Å². The first-order valence-corrected chi connectivity index (χ1v) is 10.6. The van der Waals surface area contributed by atoms with Gasteiger partial charge in [-0.3, -0.25) is 4.85 Å². The molecule has 12 heteroatoms. The first-order chi connectivity index (χ1) is 16.1. The number of rotatable bonds is 4. The molecule has 0 spiro atoms. The zero-order valence-corrected chi connectivity index (χ0v) is 17.6. The number of nitrogen functional groups attached to an aromatic ring is 1. The Morgan fingerprint density at radius 1 is 1.21 bits per heavy atom. The summed E-state index contributed by atoms with van der Waals surface area (Å²) in [5.41, 5.74) is 8.45. The van der Waals surface area contributed by atoms with Gasteiger partial charge in [0.2, 0.25) is 5.95 Å². The van der Waals surface area contributed by atoms with Gasteiger partial charge in [-0.25, -0.2) is 29.9 Å². The Morgan fingerprint density at radius 3 is 2.85 bits per heavy atom. The fourth-order valence-corrected chi connectivity index (χ4v) is 4.49. The summed E-state index contributed by atoms with van der Waals surface area (Å²) < 4.78 is 23.5. The highest BCUT2D eigenvalue weighted by Crippen LogP contribution is 2.32. The van der Waals surface area contributed by atoms with Crippen molar-refractivity contribution in [3.63, 3.8) is 0 Å². The molecule has 2 atom stereocenters. The molecule has 6 heterocycles. The minimum absolute atomic E-state index is 0.164. The lowest BCUT2D eigenvalue weighted by Gasteiger charge is -2.43. The number of nitrogens with two attached hydrogens (primary N) is 1. The maximum Gasteiger partial charge on any atom is 0.334 e. The Morgan fingerprint density at radius 2 is 2.09 bits per heavy atom. The van der Waals surface area contributed by atoms with Gasteiger partial charge >= 0.3 is 5.66 Å². The van der Waals surface area contributed by atoms with E-state index >= 15 is 0 Å². The van der Waals surface area contributed by atoms with Crippen LogP contribution in [0.25, 0.3) is 27.3 Å². The van der Waals surface area contributed by atoms with Crippen LogP contribution in [0, 0.1) is 6.57 Å². The van der Waals surface area contributed by atoms with E-state index in [2.05, 4.69) is 30.3 Å². The van der Waals surface area contributed by atoms with Crippen LogP contribution in [0.1, 0.15) is 6.42 Å². The molecule has 0 amide bonds. The first kappa shape index (κ1) is 19.8. The van der Waals surface area contributed by atoms with Gasteiger partial charge in [0.25, 0.3) is 0 Å². The van der Waals surface area contributed by atoms with Crippen LogP contribution in [0.5, 0.6) is 0 Å². The van der Waals surface area contributed by atoms with E-state index in [9.17, 15) is 4.39 Å². The summed E-state index contributed by atoms with van der Waals surface area (Å²) in [5, 5.41) is 12.2. The molecule has 0 saturated carbocycles. The van der Waals surface area contributed by atoms with Crippen LogP contribution >= 0.6 is 0 Å². The molecular weight excluding hydrogens is 427 g/mol. The molecule has 2 saturated heterocycles. The molecule has 2 aliphatic rings. The SMILES string of the molecule is [C-]#[N+]C1(N2CC[C@H](Nc3nc(N)c4c(-c5ccc6nccn6n5)ccn4n3)[C@H](F)C2)COC1. The molecule has 3 N–H and O–H groups in total. The Bertz CT molecular complexity index is 1390. The van der Waals surface area contributed by atoms with Gasteiger partial charge in [0, 0.05) is 37.2 Å². The van der Waals surface area contributed by atoms with Crippen LogP contribution in [0.4, 0.5) is 16.2 Å². The van der Waals surface area contributed by atoms with E-state index in [0.717, 1.165) is 11.2 Å². The van der Waals surface area contributed by atoms with Crippen LogP contribution in [0.15, 0.2) is 36.8 Å². The van der Waals surface area contributed by atoms with Crippen molar-refractivity contribution in [2.45, 2.75) is 24.3 Å². The van der Waals surface area contributed by atoms with Crippen molar-refractivity contribution in [1.82, 2.24) is 34.1 Å². The number of piperidine rings is 1. The zero-order chi connectivity index (χ0) is 22.6. The molecule has 0 bridgehead atoms. The number of hydrogen-bond donors (Lipinski definition) is 2. The van der Waals surface area contributed by atoms with Crippen molar-refractivity contribution in [3.05, 3.63) is 48.2 Å². The minimum atomic E-state index is -1.18. The third-order valence-electron chi connectivity index (χ3n) is 6.39. The first-order valence-electron chi connectivity index (χ1n) is 10.6. The average Bonchev–Trinajstić information content (AvgIpc) is 3.42. The van der Waals surface area contributed by atoms with Gasteiger partial charge in [-0.05, 0) is 24.6 Å². The van der Waals surface area contributed by atoms with Crippen molar-refractivity contribution >= 4 is 22.9 Å². The van der Waals surface area contributed by atoms with Crippen molar-refractivity contribution in [3.8, 4) is 11.3 Å². The summed E-state index contributed by atoms with van der Waals surface area (Å²) in [6.45, 7) is 8.87. The molecule has 6 rings (SSSR count). The molecule has 4 aromatic rings. The largest absolute Gasteiger partial charge is 0.382 e. The van der Waals surface area contributed by atoms with Crippen LogP contribution in [-0.2, 0) is 4.74 Å². The lowest BCUT2D eigenvalue weighted by atomic mass is 9.97. The van der Waals surface area contributed by atoms with Crippen molar-refractivity contribution < 1.29 is 9.13 Å². The second-order valence-corrected chi connectivity index (χ2v) is 8.38. The summed E-state index contributed by atoms with van der Waals surface area (Å²) in [5.74, 6) is 0.527. The van der Waals surface area contributed by atoms with E-state index in [1.165, 1.54) is 0 Å². The molecule has 0 aliphatic carbocycles. The summed E-state index contributed by atoms with van der Waals surface area (Å²) in [4.78, 5) is 14.2. The van der Waals surface area contributed by atoms with Gasteiger partial charge in [-0.1, -0.05) is 0 Å². The molecule has 0 radical (unpaired) electrons. The highest BCUT2D eigenvalue weighted by molar-refractivity contribution is 5.86. The molecule has 2 aliphatic heterocycles. The lowest BCUT2D eigenvalue weighted by molar-refractivity contribution is -0.127. The average molecular weight is 448 g/mol. The predicted octanol–water partition coefficient (Wildman–Crippen LogP) is 1.49. The molecular formula is C21H21FN10O. The smallest absolute Gasteiger partial charge is 0.334 e. The fraction of sp³-hybridized carbons (Fsp3) is 0.381. The quantitative estimate of drug-likeness (QED) is 0.451. The van der Waals surface area contributed by atoms with Gasteiger partial charge in [-0.2, -0.15) is 10.1 Å². The van der Waals surface area contributed by atoms with E-state index < -0.39 is 17.9 Å². The number of aromatic nitrogens is 6. The number of anilines is 2. The van der Waals surface area contributed by atoms with Gasteiger partial charge < -0.3 is 15.8 Å². The van der Waals surface area contributed by atoms with Crippen LogP contribution in [0.3, 0.4) is 0 Å². The van der Waals surface area contributed by atoms with E-state index in [4.69, 9.17) is 17.0 Å². The standard InChI is InChI=1S/C21H21FN10O/c1-24-21(11-33-12-21)30-7-5-16(14(22)10-30)26-20-27-19(23)18-13(4-8-32(18)29-20)15-2-3-17-25-6-9-31(17)28-15/h2-4,6,8-9,14,16H,5,7,10-12H2,(H3,23,26,27,29)/t14-,16+/m1/s1. The summed E-state index contributed by atoms with van der Waals surface area (Å²) >= 11 is 0. The Balaban J connectivity index is 1.24. The minimum Gasteiger partial charge on any atom is -0.382 e. The number of halogens is 1. The normalized spacial score (nSPS) is 22.8. The van der Waals surface area contributed by atoms with E-state index in [1.54, 1.807) is 27.6 Å². The lowest BCUT2D eigenvalue weighted by Crippen LogP contribution is -2.64. The van der Waals surface area contributed by atoms with Crippen molar-refractivity contribution in [2.24, 2.45) is 0 Å². The molecule has 33 heavy (non-hydrogen) atoms. The van der Waals surface area contributed by atoms with Crippen molar-refractivity contribution in [2.75, 3.05) is 37.4 Å². The van der Waals surface area contributed by atoms with Crippen LogP contribution in [-0.4, -0.2) is 78.3 Å². The maximum absolute atomic E-state index is 15.0. The van der Waals surface area contributed by atoms with Gasteiger partial charge in [0.15, 0.2) is 11.5 Å². The molecule has 0 unspecified atom stereocenters. The number of imidazole rings is 1. The molecule has 0 aromatic carbocycles. The zero-order valence-electron chi connectivity index (χ0n) is 17.6. The number of hydrogen-bond acceptors (Lipinski definition) is 8.